The largest absolute Gasteiger partial charge is 0.377 e. The number of carbonyl (C=O) groups is 1. The molecule has 27 heavy (non-hydrogen) atoms. The summed E-state index contributed by atoms with van der Waals surface area (Å²) in [6, 6.07) is 9.27. The molecule has 3 rings (SSSR count). The third kappa shape index (κ3) is 6.01. The topological polar surface area (TPSA) is 63.2 Å². The summed E-state index contributed by atoms with van der Waals surface area (Å²) in [6.07, 6.45) is 4.02. The van der Waals surface area contributed by atoms with Crippen molar-refractivity contribution in [2.24, 2.45) is 0 Å². The molecule has 1 aliphatic rings. The minimum Gasteiger partial charge on any atom is -0.377 e. The fourth-order valence-corrected chi connectivity index (χ4v) is 4.30. The number of thioether (sulfide) groups is 1. The Bertz CT molecular complexity index is 785. The zero-order chi connectivity index (χ0) is 19.1. The molecule has 144 valence electrons. The number of anilines is 1. The molecule has 1 amide bonds. The van der Waals surface area contributed by atoms with Gasteiger partial charge in [0.2, 0.25) is 0 Å². The van der Waals surface area contributed by atoms with Crippen LogP contribution in [-0.4, -0.2) is 42.4 Å². The lowest BCUT2D eigenvalue weighted by atomic mass is 10.2. The van der Waals surface area contributed by atoms with Crippen LogP contribution in [0.25, 0.3) is 0 Å². The minimum absolute atomic E-state index is 0.0950. The number of aromatic nitrogens is 1. The van der Waals surface area contributed by atoms with Crippen molar-refractivity contribution >= 4 is 46.7 Å². The Morgan fingerprint density at radius 1 is 1.30 bits per heavy atom. The molecule has 0 radical (unpaired) electrons. The van der Waals surface area contributed by atoms with Crippen LogP contribution in [0, 0.1) is 0 Å². The van der Waals surface area contributed by atoms with Gasteiger partial charge in [0.15, 0.2) is 0 Å². The Morgan fingerprint density at radius 3 is 2.93 bits per heavy atom. The summed E-state index contributed by atoms with van der Waals surface area (Å²) in [5.74, 6) is 1.32. The molecule has 8 heteroatoms. The summed E-state index contributed by atoms with van der Waals surface area (Å²) in [4.78, 5) is 17.6. The number of halogens is 2. The van der Waals surface area contributed by atoms with Gasteiger partial charge in [-0.15, -0.1) is 11.8 Å². The van der Waals surface area contributed by atoms with Crippen LogP contribution in [0.1, 0.15) is 23.2 Å². The first-order valence-electron chi connectivity index (χ1n) is 8.80. The standard InChI is InChI=1S/C19H21Cl2N3O2S/c20-13-10-16(21)18(24-11-13)22-7-8-23-19(25)15-5-1-2-6-17(15)27-12-14-4-3-9-26-14/h1-2,5-6,10-11,14H,3-4,7-9,12H2,(H,22,24)(H,23,25). The first-order chi connectivity index (χ1) is 13.1. The van der Waals surface area contributed by atoms with Crippen molar-refractivity contribution in [2.45, 2.75) is 23.8 Å². The number of nitrogens with one attached hydrogen (secondary N) is 2. The summed E-state index contributed by atoms with van der Waals surface area (Å²) in [7, 11) is 0. The average Bonchev–Trinajstić information content (AvgIpc) is 3.18. The van der Waals surface area contributed by atoms with Crippen molar-refractivity contribution in [3.05, 3.63) is 52.1 Å². The van der Waals surface area contributed by atoms with Crippen LogP contribution in [-0.2, 0) is 4.74 Å². The summed E-state index contributed by atoms with van der Waals surface area (Å²) in [6.45, 7) is 1.79. The van der Waals surface area contributed by atoms with E-state index in [4.69, 9.17) is 27.9 Å². The summed E-state index contributed by atoms with van der Waals surface area (Å²) in [5.41, 5.74) is 0.683. The zero-order valence-electron chi connectivity index (χ0n) is 14.7. The number of ether oxygens (including phenoxy) is 1. The Hall–Kier alpha value is -1.47. The molecule has 1 atom stereocenters. The lowest BCUT2D eigenvalue weighted by molar-refractivity contribution is 0.0952. The van der Waals surface area contributed by atoms with Gasteiger partial charge in [0.05, 0.1) is 21.7 Å². The number of hydrogen-bond donors (Lipinski definition) is 2. The summed E-state index contributed by atoms with van der Waals surface area (Å²) in [5, 5.41) is 6.94. The van der Waals surface area contributed by atoms with Gasteiger partial charge in [-0.05, 0) is 31.0 Å². The van der Waals surface area contributed by atoms with E-state index in [1.165, 1.54) is 6.20 Å². The lowest BCUT2D eigenvalue weighted by Crippen LogP contribution is -2.29. The van der Waals surface area contributed by atoms with Crippen molar-refractivity contribution in [1.29, 1.82) is 0 Å². The van der Waals surface area contributed by atoms with Crippen molar-refractivity contribution in [3.8, 4) is 0 Å². The second-order valence-electron chi connectivity index (χ2n) is 6.11. The van der Waals surface area contributed by atoms with Crippen molar-refractivity contribution in [2.75, 3.05) is 30.8 Å². The second kappa shape index (κ2) is 10.2. The highest BCUT2D eigenvalue weighted by atomic mass is 35.5. The summed E-state index contributed by atoms with van der Waals surface area (Å²) < 4.78 is 5.66. The Labute approximate surface area is 173 Å². The van der Waals surface area contributed by atoms with E-state index >= 15 is 0 Å². The second-order valence-corrected chi connectivity index (χ2v) is 8.01. The van der Waals surface area contributed by atoms with E-state index in [0.717, 1.165) is 30.1 Å². The lowest BCUT2D eigenvalue weighted by Gasteiger charge is -2.13. The molecule has 1 aromatic heterocycles. The molecule has 1 unspecified atom stereocenters. The SMILES string of the molecule is O=C(NCCNc1ncc(Cl)cc1Cl)c1ccccc1SCC1CCCO1. The molecule has 2 N–H and O–H groups in total. The molecule has 1 saturated heterocycles. The third-order valence-corrected chi connectivity index (χ3v) is 5.79. The van der Waals surface area contributed by atoms with E-state index in [1.807, 2.05) is 24.3 Å². The van der Waals surface area contributed by atoms with Crippen LogP contribution in [0.4, 0.5) is 5.82 Å². The summed E-state index contributed by atoms with van der Waals surface area (Å²) >= 11 is 13.6. The quantitative estimate of drug-likeness (QED) is 0.481. The highest BCUT2D eigenvalue weighted by Gasteiger charge is 2.17. The highest BCUT2D eigenvalue weighted by molar-refractivity contribution is 7.99. The molecule has 1 fully saturated rings. The van der Waals surface area contributed by atoms with Gasteiger partial charge in [0.25, 0.3) is 5.91 Å². The number of benzene rings is 1. The first-order valence-corrected chi connectivity index (χ1v) is 10.5. The van der Waals surface area contributed by atoms with Gasteiger partial charge in [0, 0.05) is 36.5 Å². The predicted molar refractivity (Wildman–Crippen MR) is 111 cm³/mol. The number of carbonyl (C=O) groups excluding carboxylic acids is 1. The minimum atomic E-state index is -0.0950. The Balaban J connectivity index is 1.48. The number of pyridine rings is 1. The van der Waals surface area contributed by atoms with Crippen molar-refractivity contribution in [1.82, 2.24) is 10.3 Å². The van der Waals surface area contributed by atoms with Crippen molar-refractivity contribution < 1.29 is 9.53 Å². The number of hydrogen-bond acceptors (Lipinski definition) is 5. The van der Waals surface area contributed by atoms with Gasteiger partial charge in [-0.3, -0.25) is 4.79 Å². The van der Waals surface area contributed by atoms with Crippen LogP contribution >= 0.6 is 35.0 Å². The Kier molecular flexibility index (Phi) is 7.64. The molecule has 5 nitrogen and oxygen atoms in total. The van der Waals surface area contributed by atoms with Crippen molar-refractivity contribution in [3.63, 3.8) is 0 Å². The number of rotatable bonds is 8. The van der Waals surface area contributed by atoms with Gasteiger partial charge in [-0.1, -0.05) is 35.3 Å². The average molecular weight is 426 g/mol. The molecule has 2 aromatic rings. The number of amides is 1. The van der Waals surface area contributed by atoms with E-state index in [9.17, 15) is 4.79 Å². The first kappa shape index (κ1) is 20.3. The van der Waals surface area contributed by atoms with Crippen LogP contribution in [0.2, 0.25) is 10.0 Å². The van der Waals surface area contributed by atoms with Gasteiger partial charge >= 0.3 is 0 Å². The smallest absolute Gasteiger partial charge is 0.252 e. The zero-order valence-corrected chi connectivity index (χ0v) is 17.0. The van der Waals surface area contributed by atoms with E-state index in [-0.39, 0.29) is 12.0 Å². The molecule has 1 aromatic carbocycles. The molecule has 0 bridgehead atoms. The van der Waals surface area contributed by atoms with E-state index < -0.39 is 0 Å². The molecule has 2 heterocycles. The monoisotopic (exact) mass is 425 g/mol. The van der Waals surface area contributed by atoms with E-state index in [0.29, 0.717) is 34.5 Å². The molecule has 1 aliphatic heterocycles. The molecule has 0 spiro atoms. The maximum absolute atomic E-state index is 12.5. The van der Waals surface area contributed by atoms with Crippen LogP contribution in [0.15, 0.2) is 41.4 Å². The van der Waals surface area contributed by atoms with Gasteiger partial charge in [-0.25, -0.2) is 4.98 Å². The highest BCUT2D eigenvalue weighted by Crippen LogP contribution is 2.27. The third-order valence-electron chi connectivity index (χ3n) is 4.09. The fraction of sp³-hybridized carbons (Fsp3) is 0.368. The van der Waals surface area contributed by atoms with E-state index in [2.05, 4.69) is 15.6 Å². The van der Waals surface area contributed by atoms with Gasteiger partial charge in [-0.2, -0.15) is 0 Å². The van der Waals surface area contributed by atoms with Crippen LogP contribution in [0.3, 0.4) is 0 Å². The maximum Gasteiger partial charge on any atom is 0.252 e. The van der Waals surface area contributed by atoms with Gasteiger partial charge < -0.3 is 15.4 Å². The maximum atomic E-state index is 12.5. The Morgan fingerprint density at radius 2 is 2.15 bits per heavy atom. The fourth-order valence-electron chi connectivity index (χ4n) is 2.74. The molecular formula is C19H21Cl2N3O2S. The molecular weight excluding hydrogens is 405 g/mol. The van der Waals surface area contributed by atoms with Crippen LogP contribution in [0.5, 0.6) is 0 Å². The van der Waals surface area contributed by atoms with E-state index in [1.54, 1.807) is 17.8 Å². The number of nitrogens with zero attached hydrogens (tertiary/aromatic N) is 1. The molecule has 0 saturated carbocycles. The predicted octanol–water partition coefficient (Wildman–Crippen LogP) is 4.50. The van der Waals surface area contributed by atoms with Gasteiger partial charge in [0.1, 0.15) is 5.82 Å². The van der Waals surface area contributed by atoms with Crippen LogP contribution < -0.4 is 10.6 Å². The normalized spacial score (nSPS) is 16.3. The molecule has 0 aliphatic carbocycles.